The highest BCUT2D eigenvalue weighted by molar-refractivity contribution is 6.01. The molecule has 0 atom stereocenters. The molecule has 0 heterocycles. The Hall–Kier alpha value is -4.17. The highest BCUT2D eigenvalue weighted by atomic mass is 16.2. The van der Waals surface area contributed by atoms with E-state index in [4.69, 9.17) is 0 Å². The number of nitrogens with zero attached hydrogens (tertiary/aromatic N) is 1. The van der Waals surface area contributed by atoms with Crippen LogP contribution in [-0.2, 0) is 13.1 Å². The van der Waals surface area contributed by atoms with Gasteiger partial charge < -0.3 is 4.90 Å². The first kappa shape index (κ1) is 20.7. The SMILES string of the molecule is O=C(c1ccccc1-c1ccccc1)N(Cc1ccccc1)Cc1cccc2ccccc12. The van der Waals surface area contributed by atoms with Gasteiger partial charge >= 0.3 is 0 Å². The van der Waals surface area contributed by atoms with Gasteiger partial charge in [0.1, 0.15) is 0 Å². The molecule has 0 aliphatic carbocycles. The van der Waals surface area contributed by atoms with E-state index in [-0.39, 0.29) is 5.91 Å². The van der Waals surface area contributed by atoms with Crippen LogP contribution in [0.5, 0.6) is 0 Å². The predicted octanol–water partition coefficient (Wildman–Crippen LogP) is 7.35. The lowest BCUT2D eigenvalue weighted by atomic mass is 9.98. The molecule has 0 aliphatic rings. The lowest BCUT2D eigenvalue weighted by molar-refractivity contribution is 0.0731. The topological polar surface area (TPSA) is 20.3 Å². The van der Waals surface area contributed by atoms with E-state index >= 15 is 0 Å². The Morgan fingerprint density at radius 1 is 0.576 bits per heavy atom. The third kappa shape index (κ3) is 4.56. The van der Waals surface area contributed by atoms with Crippen LogP contribution in [0.25, 0.3) is 21.9 Å². The van der Waals surface area contributed by atoms with Crippen LogP contribution in [0.4, 0.5) is 0 Å². The number of amides is 1. The Kier molecular flexibility index (Phi) is 5.99. The lowest BCUT2D eigenvalue weighted by Gasteiger charge is -2.25. The third-order valence-corrected chi connectivity index (χ3v) is 5.99. The van der Waals surface area contributed by atoms with Crippen molar-refractivity contribution in [1.29, 1.82) is 0 Å². The van der Waals surface area contributed by atoms with Crippen molar-refractivity contribution in [3.8, 4) is 11.1 Å². The van der Waals surface area contributed by atoms with E-state index in [1.54, 1.807) is 0 Å². The number of rotatable bonds is 6. The van der Waals surface area contributed by atoms with Gasteiger partial charge in [0.05, 0.1) is 0 Å². The van der Waals surface area contributed by atoms with Crippen molar-refractivity contribution in [2.75, 3.05) is 0 Å². The maximum Gasteiger partial charge on any atom is 0.255 e. The Labute approximate surface area is 194 Å². The molecule has 0 N–H and O–H groups in total. The van der Waals surface area contributed by atoms with Gasteiger partial charge in [-0.25, -0.2) is 0 Å². The number of hydrogen-bond donors (Lipinski definition) is 0. The summed E-state index contributed by atoms with van der Waals surface area (Å²) >= 11 is 0. The smallest absolute Gasteiger partial charge is 0.255 e. The first-order valence-corrected chi connectivity index (χ1v) is 11.2. The maximum absolute atomic E-state index is 14.0. The molecule has 2 nitrogen and oxygen atoms in total. The number of carbonyl (C=O) groups is 1. The molecule has 5 aromatic carbocycles. The fourth-order valence-electron chi connectivity index (χ4n) is 4.35. The molecule has 1 amide bonds. The second-order valence-electron chi connectivity index (χ2n) is 8.20. The summed E-state index contributed by atoms with van der Waals surface area (Å²) in [5.41, 5.74) is 4.99. The fourth-order valence-corrected chi connectivity index (χ4v) is 4.35. The number of benzene rings is 5. The fraction of sp³-hybridized carbons (Fsp3) is 0.0645. The minimum atomic E-state index is 0.0336. The molecule has 0 unspecified atom stereocenters. The van der Waals surface area contributed by atoms with Crippen molar-refractivity contribution in [2.45, 2.75) is 13.1 Å². The molecule has 5 aromatic rings. The van der Waals surface area contributed by atoms with E-state index in [0.717, 1.165) is 27.8 Å². The Morgan fingerprint density at radius 2 is 1.21 bits per heavy atom. The first-order valence-electron chi connectivity index (χ1n) is 11.2. The van der Waals surface area contributed by atoms with Gasteiger partial charge in [0, 0.05) is 18.7 Å². The molecule has 0 spiro atoms. The second kappa shape index (κ2) is 9.54. The minimum absolute atomic E-state index is 0.0336. The summed E-state index contributed by atoms with van der Waals surface area (Å²) in [6, 6.07) is 42.9. The molecule has 0 bridgehead atoms. The van der Waals surface area contributed by atoms with Gasteiger partial charge in [-0.1, -0.05) is 121 Å². The van der Waals surface area contributed by atoms with Crippen molar-refractivity contribution in [2.24, 2.45) is 0 Å². The second-order valence-corrected chi connectivity index (χ2v) is 8.20. The van der Waals surface area contributed by atoms with Crippen molar-refractivity contribution < 1.29 is 4.79 Å². The van der Waals surface area contributed by atoms with E-state index in [0.29, 0.717) is 13.1 Å². The van der Waals surface area contributed by atoms with Crippen molar-refractivity contribution in [3.05, 3.63) is 144 Å². The zero-order valence-corrected chi connectivity index (χ0v) is 18.4. The normalized spacial score (nSPS) is 10.8. The summed E-state index contributed by atoms with van der Waals surface area (Å²) in [4.78, 5) is 16.0. The number of carbonyl (C=O) groups excluding carboxylic acids is 1. The van der Waals surface area contributed by atoms with Crippen LogP contribution in [0.2, 0.25) is 0 Å². The van der Waals surface area contributed by atoms with E-state index < -0.39 is 0 Å². The molecule has 2 heteroatoms. The van der Waals surface area contributed by atoms with E-state index in [1.807, 2.05) is 65.6 Å². The Morgan fingerprint density at radius 3 is 2.03 bits per heavy atom. The zero-order valence-electron chi connectivity index (χ0n) is 18.4. The van der Waals surface area contributed by atoms with Crippen LogP contribution in [0.15, 0.2) is 127 Å². The molecule has 5 rings (SSSR count). The molecule has 0 fully saturated rings. The molecule has 0 saturated carbocycles. The molecular formula is C31H25NO. The zero-order chi connectivity index (χ0) is 22.5. The lowest BCUT2D eigenvalue weighted by Crippen LogP contribution is -2.30. The van der Waals surface area contributed by atoms with Crippen LogP contribution >= 0.6 is 0 Å². The molecule has 0 aromatic heterocycles. The minimum Gasteiger partial charge on any atom is -0.330 e. The van der Waals surface area contributed by atoms with Crippen molar-refractivity contribution in [1.82, 2.24) is 4.90 Å². The summed E-state index contributed by atoms with van der Waals surface area (Å²) < 4.78 is 0. The molecule has 0 aliphatic heterocycles. The van der Waals surface area contributed by atoms with E-state index in [1.165, 1.54) is 10.8 Å². The van der Waals surface area contributed by atoms with Crippen LogP contribution in [0.1, 0.15) is 21.5 Å². The summed E-state index contributed by atoms with van der Waals surface area (Å²) in [5, 5.41) is 2.37. The monoisotopic (exact) mass is 427 g/mol. The van der Waals surface area contributed by atoms with Crippen molar-refractivity contribution >= 4 is 16.7 Å². The summed E-state index contributed by atoms with van der Waals surface area (Å²) in [5.74, 6) is 0.0336. The van der Waals surface area contributed by atoms with Gasteiger partial charge in [-0.2, -0.15) is 0 Å². The van der Waals surface area contributed by atoms with E-state index in [2.05, 4.69) is 66.7 Å². The third-order valence-electron chi connectivity index (χ3n) is 5.99. The summed E-state index contributed by atoms with van der Waals surface area (Å²) in [7, 11) is 0. The molecular weight excluding hydrogens is 402 g/mol. The highest BCUT2D eigenvalue weighted by Gasteiger charge is 2.21. The van der Waals surface area contributed by atoms with Gasteiger partial charge in [-0.3, -0.25) is 4.79 Å². The summed E-state index contributed by atoms with van der Waals surface area (Å²) in [6.45, 7) is 1.09. The van der Waals surface area contributed by atoms with Gasteiger partial charge in [-0.05, 0) is 39.1 Å². The van der Waals surface area contributed by atoms with Crippen LogP contribution < -0.4 is 0 Å². The van der Waals surface area contributed by atoms with E-state index in [9.17, 15) is 4.79 Å². The number of hydrogen-bond acceptors (Lipinski definition) is 1. The summed E-state index contributed by atoms with van der Waals surface area (Å²) in [6.07, 6.45) is 0. The quantitative estimate of drug-likeness (QED) is 0.277. The largest absolute Gasteiger partial charge is 0.330 e. The van der Waals surface area contributed by atoms with Crippen LogP contribution in [0, 0.1) is 0 Å². The molecule has 0 radical (unpaired) electrons. The van der Waals surface area contributed by atoms with Gasteiger partial charge in [0.2, 0.25) is 0 Å². The van der Waals surface area contributed by atoms with Gasteiger partial charge in [0.15, 0.2) is 0 Å². The number of fused-ring (bicyclic) bond motifs is 1. The molecule has 160 valence electrons. The maximum atomic E-state index is 14.0. The predicted molar refractivity (Wildman–Crippen MR) is 136 cm³/mol. The van der Waals surface area contributed by atoms with Crippen LogP contribution in [-0.4, -0.2) is 10.8 Å². The molecule has 0 saturated heterocycles. The highest BCUT2D eigenvalue weighted by Crippen LogP contribution is 2.27. The molecule has 33 heavy (non-hydrogen) atoms. The average molecular weight is 428 g/mol. The Bertz CT molecular complexity index is 1370. The van der Waals surface area contributed by atoms with Gasteiger partial charge in [-0.15, -0.1) is 0 Å². The standard InChI is InChI=1S/C31H25NO/c33-31(30-21-10-9-20-29(30)26-14-5-2-6-15-26)32(22-24-12-3-1-4-13-24)23-27-18-11-17-25-16-7-8-19-28(25)27/h1-21H,22-23H2. The first-order chi connectivity index (χ1) is 16.3. The van der Waals surface area contributed by atoms with Gasteiger partial charge in [0.25, 0.3) is 5.91 Å². The average Bonchev–Trinajstić information content (AvgIpc) is 2.89. The van der Waals surface area contributed by atoms with Crippen molar-refractivity contribution in [3.63, 3.8) is 0 Å². The van der Waals surface area contributed by atoms with Crippen LogP contribution in [0.3, 0.4) is 0 Å². The Balaban J connectivity index is 1.56.